The van der Waals surface area contributed by atoms with E-state index in [1.165, 1.54) is 12.3 Å². The van der Waals surface area contributed by atoms with E-state index in [9.17, 15) is 9.59 Å². The van der Waals surface area contributed by atoms with Crippen LogP contribution in [0.4, 0.5) is 0 Å². The monoisotopic (exact) mass is 344 g/mol. The fourth-order valence-corrected chi connectivity index (χ4v) is 2.49. The molecule has 1 aromatic heterocycles. The van der Waals surface area contributed by atoms with Gasteiger partial charge in [0.2, 0.25) is 5.91 Å². The summed E-state index contributed by atoms with van der Waals surface area (Å²) in [6, 6.07) is 7.77. The fraction of sp³-hybridized carbons (Fsp3) is 0.333. The standard InChI is InChI=1S/C18H20N2O5/c1-11(13-5-6-14-16(10-13)25-9-8-24-14)19-17(21)12(2)20-18(22)15-4-3-7-23-15/h3-7,10-12H,8-9H2,1-2H3,(H,19,21)(H,20,22). The molecule has 0 aliphatic carbocycles. The normalized spacial score (nSPS) is 15.1. The first-order valence-electron chi connectivity index (χ1n) is 8.09. The highest BCUT2D eigenvalue weighted by molar-refractivity contribution is 5.95. The Morgan fingerprint density at radius 2 is 1.80 bits per heavy atom. The highest BCUT2D eigenvalue weighted by Gasteiger charge is 2.21. The number of ether oxygens (including phenoxy) is 2. The Morgan fingerprint density at radius 1 is 1.04 bits per heavy atom. The molecule has 0 radical (unpaired) electrons. The van der Waals surface area contributed by atoms with Crippen molar-refractivity contribution in [1.29, 1.82) is 0 Å². The molecule has 1 aromatic carbocycles. The zero-order valence-electron chi connectivity index (χ0n) is 14.1. The number of carbonyl (C=O) groups is 2. The van der Waals surface area contributed by atoms with Crippen LogP contribution in [0.1, 0.15) is 36.0 Å². The van der Waals surface area contributed by atoms with Gasteiger partial charge in [-0.1, -0.05) is 6.07 Å². The van der Waals surface area contributed by atoms with E-state index in [0.29, 0.717) is 24.7 Å². The van der Waals surface area contributed by atoms with Gasteiger partial charge in [-0.15, -0.1) is 0 Å². The van der Waals surface area contributed by atoms with Crippen molar-refractivity contribution in [3.63, 3.8) is 0 Å². The lowest BCUT2D eigenvalue weighted by Gasteiger charge is -2.22. The SMILES string of the molecule is CC(NC(=O)c1ccco1)C(=O)NC(C)c1ccc2c(c1)OCCO2. The Morgan fingerprint density at radius 3 is 2.52 bits per heavy atom. The lowest BCUT2D eigenvalue weighted by Crippen LogP contribution is -2.45. The molecule has 2 aromatic rings. The van der Waals surface area contributed by atoms with Gasteiger partial charge in [-0.3, -0.25) is 9.59 Å². The maximum Gasteiger partial charge on any atom is 0.287 e. The molecule has 25 heavy (non-hydrogen) atoms. The number of hydrogen-bond donors (Lipinski definition) is 2. The highest BCUT2D eigenvalue weighted by atomic mass is 16.6. The number of furan rings is 1. The summed E-state index contributed by atoms with van der Waals surface area (Å²) >= 11 is 0. The number of rotatable bonds is 5. The smallest absolute Gasteiger partial charge is 0.287 e. The molecule has 1 aliphatic heterocycles. The summed E-state index contributed by atoms with van der Waals surface area (Å²) in [4.78, 5) is 24.2. The number of amides is 2. The maximum absolute atomic E-state index is 12.3. The van der Waals surface area contributed by atoms with Crippen LogP contribution in [0.15, 0.2) is 41.0 Å². The first kappa shape index (κ1) is 16.9. The first-order chi connectivity index (χ1) is 12.0. The van der Waals surface area contributed by atoms with E-state index in [-0.39, 0.29) is 17.7 Å². The van der Waals surface area contributed by atoms with Crippen molar-refractivity contribution < 1.29 is 23.5 Å². The minimum atomic E-state index is -0.697. The van der Waals surface area contributed by atoms with Crippen LogP contribution in [0, 0.1) is 0 Å². The van der Waals surface area contributed by atoms with E-state index in [0.717, 1.165) is 5.56 Å². The molecule has 0 saturated heterocycles. The Hall–Kier alpha value is -2.96. The number of hydrogen-bond acceptors (Lipinski definition) is 5. The molecular weight excluding hydrogens is 324 g/mol. The Balaban J connectivity index is 1.59. The van der Waals surface area contributed by atoms with Crippen LogP contribution >= 0.6 is 0 Å². The minimum Gasteiger partial charge on any atom is -0.486 e. The Kier molecular flexibility index (Phi) is 4.92. The van der Waals surface area contributed by atoms with Crippen molar-refractivity contribution in [1.82, 2.24) is 10.6 Å². The molecule has 7 nitrogen and oxygen atoms in total. The second-order valence-electron chi connectivity index (χ2n) is 5.81. The summed E-state index contributed by atoms with van der Waals surface area (Å²) in [5, 5.41) is 5.47. The molecule has 2 atom stereocenters. The van der Waals surface area contributed by atoms with E-state index in [4.69, 9.17) is 13.9 Å². The summed E-state index contributed by atoms with van der Waals surface area (Å²) in [7, 11) is 0. The van der Waals surface area contributed by atoms with Gasteiger partial charge in [-0.25, -0.2) is 0 Å². The molecule has 0 bridgehead atoms. The summed E-state index contributed by atoms with van der Waals surface area (Å²) < 4.78 is 16.1. The van der Waals surface area contributed by atoms with E-state index in [2.05, 4.69) is 10.6 Å². The molecule has 2 unspecified atom stereocenters. The Labute approximate surface area is 145 Å². The minimum absolute atomic E-state index is 0.166. The van der Waals surface area contributed by atoms with E-state index < -0.39 is 11.9 Å². The number of benzene rings is 1. The van der Waals surface area contributed by atoms with Crippen molar-refractivity contribution in [2.75, 3.05) is 13.2 Å². The first-order valence-corrected chi connectivity index (χ1v) is 8.09. The number of nitrogens with one attached hydrogen (secondary N) is 2. The third-order valence-electron chi connectivity index (χ3n) is 3.91. The van der Waals surface area contributed by atoms with Crippen LogP contribution in [0.25, 0.3) is 0 Å². The van der Waals surface area contributed by atoms with Crippen molar-refractivity contribution >= 4 is 11.8 Å². The second kappa shape index (κ2) is 7.29. The molecule has 0 saturated carbocycles. The largest absolute Gasteiger partial charge is 0.486 e. The average Bonchev–Trinajstić information content (AvgIpc) is 3.16. The second-order valence-corrected chi connectivity index (χ2v) is 5.81. The topological polar surface area (TPSA) is 89.8 Å². The molecule has 3 rings (SSSR count). The molecule has 2 amide bonds. The summed E-state index contributed by atoms with van der Waals surface area (Å²) in [6.07, 6.45) is 1.41. The lowest BCUT2D eigenvalue weighted by atomic mass is 10.1. The summed E-state index contributed by atoms with van der Waals surface area (Å²) in [6.45, 7) is 4.52. The van der Waals surface area contributed by atoms with E-state index in [1.54, 1.807) is 13.0 Å². The van der Waals surface area contributed by atoms with Gasteiger partial charge in [-0.05, 0) is 43.7 Å². The molecule has 2 heterocycles. The van der Waals surface area contributed by atoms with Gasteiger partial charge in [-0.2, -0.15) is 0 Å². The van der Waals surface area contributed by atoms with Crippen LogP contribution in [-0.2, 0) is 4.79 Å². The molecule has 132 valence electrons. The van der Waals surface area contributed by atoms with Crippen LogP contribution in [0.2, 0.25) is 0 Å². The van der Waals surface area contributed by atoms with Gasteiger partial charge in [0, 0.05) is 0 Å². The zero-order chi connectivity index (χ0) is 17.8. The maximum atomic E-state index is 12.3. The van der Waals surface area contributed by atoms with Crippen molar-refractivity contribution in [3.8, 4) is 11.5 Å². The molecule has 7 heteroatoms. The van der Waals surface area contributed by atoms with Crippen LogP contribution in [0.3, 0.4) is 0 Å². The summed E-state index contributed by atoms with van der Waals surface area (Å²) in [5.41, 5.74) is 0.891. The third kappa shape index (κ3) is 3.93. The van der Waals surface area contributed by atoms with Gasteiger partial charge in [0.05, 0.1) is 12.3 Å². The van der Waals surface area contributed by atoms with Gasteiger partial charge < -0.3 is 24.5 Å². The van der Waals surface area contributed by atoms with Crippen LogP contribution in [-0.4, -0.2) is 31.1 Å². The van der Waals surface area contributed by atoms with Gasteiger partial charge in [0.25, 0.3) is 5.91 Å². The van der Waals surface area contributed by atoms with Gasteiger partial charge in [0.1, 0.15) is 19.3 Å². The van der Waals surface area contributed by atoms with Crippen molar-refractivity contribution in [2.45, 2.75) is 25.9 Å². The molecule has 2 N–H and O–H groups in total. The number of fused-ring (bicyclic) bond motifs is 1. The van der Waals surface area contributed by atoms with Gasteiger partial charge in [0.15, 0.2) is 17.3 Å². The molecule has 1 aliphatic rings. The molecular formula is C18H20N2O5. The molecule has 0 spiro atoms. The summed E-state index contributed by atoms with van der Waals surface area (Å²) in [5.74, 6) is 0.818. The van der Waals surface area contributed by atoms with Gasteiger partial charge >= 0.3 is 0 Å². The van der Waals surface area contributed by atoms with E-state index in [1.807, 2.05) is 25.1 Å². The number of carbonyl (C=O) groups excluding carboxylic acids is 2. The quantitative estimate of drug-likeness (QED) is 0.866. The zero-order valence-corrected chi connectivity index (χ0v) is 14.1. The molecule has 0 fully saturated rings. The van der Waals surface area contributed by atoms with Crippen LogP contribution < -0.4 is 20.1 Å². The Bertz CT molecular complexity index is 757. The van der Waals surface area contributed by atoms with Crippen molar-refractivity contribution in [3.05, 3.63) is 47.9 Å². The highest BCUT2D eigenvalue weighted by Crippen LogP contribution is 2.32. The predicted molar refractivity (Wildman–Crippen MR) is 89.6 cm³/mol. The predicted octanol–water partition coefficient (Wildman–Crippen LogP) is 2.05. The van der Waals surface area contributed by atoms with Crippen molar-refractivity contribution in [2.24, 2.45) is 0 Å². The van der Waals surface area contributed by atoms with Crippen LogP contribution in [0.5, 0.6) is 11.5 Å². The third-order valence-corrected chi connectivity index (χ3v) is 3.91. The average molecular weight is 344 g/mol. The lowest BCUT2D eigenvalue weighted by molar-refractivity contribution is -0.123. The fourth-order valence-electron chi connectivity index (χ4n) is 2.49. The van der Waals surface area contributed by atoms with E-state index >= 15 is 0 Å².